The lowest BCUT2D eigenvalue weighted by Crippen LogP contribution is -2.52. The first-order valence-corrected chi connectivity index (χ1v) is 8.37. The van der Waals surface area contributed by atoms with Crippen molar-refractivity contribution in [3.63, 3.8) is 0 Å². The summed E-state index contributed by atoms with van der Waals surface area (Å²) in [7, 11) is 0. The molecule has 3 atom stereocenters. The zero-order valence-electron chi connectivity index (χ0n) is 15.0. The number of amides is 1. The molecule has 1 heterocycles. The van der Waals surface area contributed by atoms with Crippen LogP contribution in [-0.2, 0) is 4.74 Å². The molecular weight excluding hydrogens is 294 g/mol. The van der Waals surface area contributed by atoms with Crippen molar-refractivity contribution in [2.75, 3.05) is 19.6 Å². The Morgan fingerprint density at radius 1 is 1.43 bits per heavy atom. The lowest BCUT2D eigenvalue weighted by Gasteiger charge is -2.38. The predicted octanol–water partition coefficient (Wildman–Crippen LogP) is 2.13. The van der Waals surface area contributed by atoms with Gasteiger partial charge in [0.2, 0.25) is 0 Å². The molecule has 1 aliphatic rings. The number of carbonyl (C=O) groups is 1. The van der Waals surface area contributed by atoms with Crippen LogP contribution in [0.3, 0.4) is 0 Å². The highest BCUT2D eigenvalue weighted by molar-refractivity contribution is 5.68. The van der Waals surface area contributed by atoms with Gasteiger partial charge in [-0.1, -0.05) is 13.8 Å². The molecule has 2 N–H and O–H groups in total. The molecule has 0 saturated carbocycles. The van der Waals surface area contributed by atoms with Crippen LogP contribution < -0.4 is 5.32 Å². The van der Waals surface area contributed by atoms with E-state index in [4.69, 9.17) is 10.00 Å². The number of aliphatic hydroxyl groups is 1. The molecule has 0 bridgehead atoms. The average molecular weight is 325 g/mol. The van der Waals surface area contributed by atoms with E-state index < -0.39 is 11.7 Å². The minimum atomic E-state index is -0.529. The van der Waals surface area contributed by atoms with Crippen molar-refractivity contribution >= 4 is 6.09 Å². The fourth-order valence-electron chi connectivity index (χ4n) is 2.90. The van der Waals surface area contributed by atoms with Gasteiger partial charge in [-0.05, 0) is 45.4 Å². The summed E-state index contributed by atoms with van der Waals surface area (Å²) in [4.78, 5) is 14.0. The first-order chi connectivity index (χ1) is 10.6. The largest absolute Gasteiger partial charge is 0.444 e. The van der Waals surface area contributed by atoms with E-state index in [0.29, 0.717) is 19.5 Å². The van der Waals surface area contributed by atoms with Crippen molar-refractivity contribution in [2.24, 2.45) is 11.8 Å². The molecule has 1 saturated heterocycles. The Kier molecular flexibility index (Phi) is 7.30. The molecule has 1 amide bonds. The van der Waals surface area contributed by atoms with Gasteiger partial charge in [-0.15, -0.1) is 0 Å². The van der Waals surface area contributed by atoms with Gasteiger partial charge in [0.05, 0.1) is 18.7 Å². The van der Waals surface area contributed by atoms with Gasteiger partial charge in [-0.3, -0.25) is 4.90 Å². The quantitative estimate of drug-likeness (QED) is 0.756. The zero-order chi connectivity index (χ0) is 17.6. The monoisotopic (exact) mass is 325 g/mol. The number of hydrogen-bond donors (Lipinski definition) is 2. The van der Waals surface area contributed by atoms with E-state index in [9.17, 15) is 9.90 Å². The van der Waals surface area contributed by atoms with Crippen LogP contribution in [0.4, 0.5) is 4.79 Å². The topological polar surface area (TPSA) is 85.6 Å². The molecule has 0 aromatic carbocycles. The molecule has 6 nitrogen and oxygen atoms in total. The molecule has 1 rings (SSSR count). The van der Waals surface area contributed by atoms with Crippen LogP contribution in [0.25, 0.3) is 0 Å². The van der Waals surface area contributed by atoms with Gasteiger partial charge in [0.15, 0.2) is 0 Å². The van der Waals surface area contributed by atoms with Gasteiger partial charge in [0.25, 0.3) is 0 Å². The lowest BCUT2D eigenvalue weighted by molar-refractivity contribution is 0.0401. The van der Waals surface area contributed by atoms with E-state index in [2.05, 4.69) is 11.4 Å². The molecule has 3 unspecified atom stereocenters. The Hall–Kier alpha value is -1.32. The SMILES string of the molecule is CC(C)C(O)CC1CC(NC(=O)OC(C)(C)C)CN(CC#N)C1. The number of rotatable bonds is 5. The Labute approximate surface area is 139 Å². The number of nitriles is 1. The van der Waals surface area contributed by atoms with Crippen molar-refractivity contribution in [2.45, 2.75) is 65.2 Å². The minimum Gasteiger partial charge on any atom is -0.444 e. The second-order valence-electron chi connectivity index (χ2n) is 7.84. The van der Waals surface area contributed by atoms with Crippen LogP contribution in [0.1, 0.15) is 47.5 Å². The van der Waals surface area contributed by atoms with Crippen molar-refractivity contribution in [3.8, 4) is 6.07 Å². The predicted molar refractivity (Wildman–Crippen MR) is 88.8 cm³/mol. The molecule has 0 aliphatic carbocycles. The van der Waals surface area contributed by atoms with Gasteiger partial charge < -0.3 is 15.2 Å². The van der Waals surface area contributed by atoms with Crippen LogP contribution in [0.5, 0.6) is 0 Å². The highest BCUT2D eigenvalue weighted by Crippen LogP contribution is 2.24. The molecule has 0 radical (unpaired) electrons. The third-order valence-corrected chi connectivity index (χ3v) is 3.97. The van der Waals surface area contributed by atoms with Crippen LogP contribution in [0.2, 0.25) is 0 Å². The Balaban J connectivity index is 2.63. The summed E-state index contributed by atoms with van der Waals surface area (Å²) >= 11 is 0. The Morgan fingerprint density at radius 3 is 2.61 bits per heavy atom. The summed E-state index contributed by atoms with van der Waals surface area (Å²) in [6.07, 6.45) is 0.700. The fourth-order valence-corrected chi connectivity index (χ4v) is 2.90. The van der Waals surface area contributed by atoms with E-state index in [1.54, 1.807) is 0 Å². The molecule has 23 heavy (non-hydrogen) atoms. The van der Waals surface area contributed by atoms with Crippen molar-refractivity contribution < 1.29 is 14.6 Å². The zero-order valence-corrected chi connectivity index (χ0v) is 15.0. The number of nitrogens with one attached hydrogen (secondary N) is 1. The van der Waals surface area contributed by atoms with Crippen LogP contribution in [-0.4, -0.2) is 53.5 Å². The van der Waals surface area contributed by atoms with Crippen molar-refractivity contribution in [3.05, 3.63) is 0 Å². The molecule has 1 fully saturated rings. The summed E-state index contributed by atoms with van der Waals surface area (Å²) in [5.41, 5.74) is -0.529. The maximum absolute atomic E-state index is 12.0. The number of alkyl carbamates (subject to hydrolysis) is 1. The summed E-state index contributed by atoms with van der Waals surface area (Å²) < 4.78 is 5.31. The molecule has 0 aromatic rings. The minimum absolute atomic E-state index is 0.0590. The van der Waals surface area contributed by atoms with E-state index in [1.807, 2.05) is 39.5 Å². The third-order valence-electron chi connectivity index (χ3n) is 3.97. The second kappa shape index (κ2) is 8.51. The summed E-state index contributed by atoms with van der Waals surface area (Å²) in [5.74, 6) is 0.466. The average Bonchev–Trinajstić information content (AvgIpc) is 2.35. The normalized spacial score (nSPS) is 24.1. The molecule has 6 heteroatoms. The maximum atomic E-state index is 12.0. The van der Waals surface area contributed by atoms with Crippen LogP contribution >= 0.6 is 0 Å². The van der Waals surface area contributed by atoms with Gasteiger partial charge in [0, 0.05) is 19.1 Å². The standard InChI is InChI=1S/C17H31N3O3/c1-12(2)15(21)9-13-8-14(11-20(10-13)7-6-18)19-16(22)23-17(3,4)5/h12-15,21H,7-11H2,1-5H3,(H,19,22). The second-order valence-corrected chi connectivity index (χ2v) is 7.84. The number of likely N-dealkylation sites (tertiary alicyclic amines) is 1. The fraction of sp³-hybridized carbons (Fsp3) is 0.882. The van der Waals surface area contributed by atoms with Crippen LogP contribution in [0, 0.1) is 23.2 Å². The summed E-state index contributed by atoms with van der Waals surface area (Å²) in [6, 6.07) is 2.11. The van der Waals surface area contributed by atoms with E-state index in [1.165, 1.54) is 0 Å². The first-order valence-electron chi connectivity index (χ1n) is 8.37. The molecule has 1 aliphatic heterocycles. The Morgan fingerprint density at radius 2 is 2.09 bits per heavy atom. The third kappa shape index (κ3) is 7.67. The number of aliphatic hydroxyl groups excluding tert-OH is 1. The number of carbonyl (C=O) groups excluding carboxylic acids is 1. The van der Waals surface area contributed by atoms with Gasteiger partial charge in [0.1, 0.15) is 5.60 Å². The van der Waals surface area contributed by atoms with Crippen LogP contribution in [0.15, 0.2) is 0 Å². The van der Waals surface area contributed by atoms with Crippen molar-refractivity contribution in [1.29, 1.82) is 5.26 Å². The smallest absolute Gasteiger partial charge is 0.407 e. The number of ether oxygens (including phenoxy) is 1. The van der Waals surface area contributed by atoms with Gasteiger partial charge >= 0.3 is 6.09 Å². The molecular formula is C17H31N3O3. The number of hydrogen-bond acceptors (Lipinski definition) is 5. The van der Waals surface area contributed by atoms with Crippen molar-refractivity contribution in [1.82, 2.24) is 10.2 Å². The summed E-state index contributed by atoms with van der Waals surface area (Å²) in [6.45, 7) is 11.2. The van der Waals surface area contributed by atoms with Gasteiger partial charge in [-0.25, -0.2) is 4.79 Å². The molecule has 0 aromatic heterocycles. The highest BCUT2D eigenvalue weighted by atomic mass is 16.6. The van der Waals surface area contributed by atoms with Gasteiger partial charge in [-0.2, -0.15) is 5.26 Å². The summed E-state index contributed by atoms with van der Waals surface area (Å²) in [5, 5.41) is 22.0. The first kappa shape index (κ1) is 19.7. The lowest BCUT2D eigenvalue weighted by atomic mass is 9.87. The van der Waals surface area contributed by atoms with E-state index in [-0.39, 0.29) is 24.0 Å². The maximum Gasteiger partial charge on any atom is 0.407 e. The van der Waals surface area contributed by atoms with E-state index in [0.717, 1.165) is 13.0 Å². The number of piperidine rings is 1. The number of nitrogens with zero attached hydrogens (tertiary/aromatic N) is 2. The molecule has 0 spiro atoms. The Bertz CT molecular complexity index is 426. The molecule has 132 valence electrons. The highest BCUT2D eigenvalue weighted by Gasteiger charge is 2.31. The van der Waals surface area contributed by atoms with E-state index >= 15 is 0 Å².